The number of nitrogens with zero attached hydrogens (tertiary/aromatic N) is 2. The molecule has 4 aromatic rings. The van der Waals surface area contributed by atoms with Gasteiger partial charge in [-0.15, -0.1) is 11.3 Å². The molecular weight excluding hydrogens is 466 g/mol. The first-order chi connectivity index (χ1) is 16.6. The number of fused-ring (bicyclic) bond motifs is 1. The fraction of sp³-hybridized carbons (Fsp3) is 0.200. The Kier molecular flexibility index (Phi) is 6.46. The highest BCUT2D eigenvalue weighted by atomic mass is 32.2. The molecule has 0 radical (unpaired) electrons. The number of thioether (sulfide) groups is 1. The van der Waals surface area contributed by atoms with Crippen LogP contribution in [0.3, 0.4) is 0 Å². The van der Waals surface area contributed by atoms with Gasteiger partial charge in [0.1, 0.15) is 10.2 Å². The van der Waals surface area contributed by atoms with E-state index in [9.17, 15) is 9.59 Å². The van der Waals surface area contributed by atoms with E-state index in [-0.39, 0.29) is 17.6 Å². The number of pyridine rings is 1. The molecule has 0 aliphatic heterocycles. The molecule has 1 aliphatic carbocycles. The van der Waals surface area contributed by atoms with Crippen LogP contribution in [0.25, 0.3) is 11.3 Å². The number of hydrogen-bond acceptors (Lipinski definition) is 7. The number of carbonyl (C=O) groups excluding carboxylic acids is 2. The van der Waals surface area contributed by atoms with Crippen LogP contribution in [-0.4, -0.2) is 32.4 Å². The summed E-state index contributed by atoms with van der Waals surface area (Å²) in [6.07, 6.45) is 4.69. The number of H-pyrrole nitrogens is 1. The number of carbonyl (C=O) groups is 2. The summed E-state index contributed by atoms with van der Waals surface area (Å²) in [5.74, 6) is 1.40. The second kappa shape index (κ2) is 9.82. The fourth-order valence-electron chi connectivity index (χ4n) is 4.19. The lowest BCUT2D eigenvalue weighted by atomic mass is 9.87. The molecule has 0 spiro atoms. The van der Waals surface area contributed by atoms with Gasteiger partial charge in [0.05, 0.1) is 16.9 Å². The predicted molar refractivity (Wildman–Crippen MR) is 137 cm³/mol. The van der Waals surface area contributed by atoms with Crippen molar-refractivity contribution in [2.24, 2.45) is 5.92 Å². The molecule has 7 nitrogen and oxygen atoms in total. The van der Waals surface area contributed by atoms with Crippen LogP contribution in [-0.2, 0) is 11.2 Å². The number of thiazole rings is 1. The Bertz CT molecular complexity index is 1320. The van der Waals surface area contributed by atoms with Gasteiger partial charge in [-0.05, 0) is 36.6 Å². The zero-order valence-electron chi connectivity index (χ0n) is 18.5. The lowest BCUT2D eigenvalue weighted by Crippen LogP contribution is -2.21. The van der Waals surface area contributed by atoms with E-state index in [1.165, 1.54) is 6.92 Å². The van der Waals surface area contributed by atoms with Crippen molar-refractivity contribution in [2.75, 3.05) is 16.4 Å². The number of rotatable bonds is 7. The summed E-state index contributed by atoms with van der Waals surface area (Å²) >= 11 is 3.31. The third-order valence-corrected chi connectivity index (χ3v) is 7.79. The summed E-state index contributed by atoms with van der Waals surface area (Å²) in [7, 11) is 0. The molecule has 0 saturated carbocycles. The molecule has 5 rings (SSSR count). The van der Waals surface area contributed by atoms with Crippen LogP contribution in [0.4, 0.5) is 17.2 Å². The van der Waals surface area contributed by atoms with Crippen LogP contribution in [0.5, 0.6) is 0 Å². The third kappa shape index (κ3) is 4.76. The fourth-order valence-corrected chi connectivity index (χ4v) is 5.94. The number of anilines is 3. The SMILES string of the molecule is CC(=O)Nc1ncccc1-c1[nH]c2c(c1Nc1ccccc1)C(=O)CC(CSc1nccs1)C2. The van der Waals surface area contributed by atoms with Gasteiger partial charge in [-0.2, -0.15) is 0 Å². The summed E-state index contributed by atoms with van der Waals surface area (Å²) < 4.78 is 1.02. The van der Waals surface area contributed by atoms with E-state index in [1.807, 2.05) is 47.8 Å². The monoisotopic (exact) mass is 489 g/mol. The van der Waals surface area contributed by atoms with Crippen LogP contribution in [0.15, 0.2) is 64.6 Å². The second-order valence-electron chi connectivity index (χ2n) is 8.11. The minimum Gasteiger partial charge on any atom is -0.356 e. The first-order valence-corrected chi connectivity index (χ1v) is 12.8. The van der Waals surface area contributed by atoms with Crippen molar-refractivity contribution in [1.29, 1.82) is 0 Å². The normalized spacial score (nSPS) is 15.1. The van der Waals surface area contributed by atoms with Crippen molar-refractivity contribution in [1.82, 2.24) is 15.0 Å². The number of benzene rings is 1. The Morgan fingerprint density at radius 2 is 2.00 bits per heavy atom. The van der Waals surface area contributed by atoms with Crippen molar-refractivity contribution in [3.05, 3.63) is 71.5 Å². The Labute approximate surface area is 205 Å². The molecule has 1 aliphatic rings. The summed E-state index contributed by atoms with van der Waals surface area (Å²) in [5.41, 5.74) is 4.67. The maximum Gasteiger partial charge on any atom is 0.222 e. The van der Waals surface area contributed by atoms with Gasteiger partial charge in [-0.25, -0.2) is 9.97 Å². The number of Topliss-reactive ketones (excluding diaryl/α,β-unsaturated/α-hetero) is 1. The molecule has 1 unspecified atom stereocenters. The van der Waals surface area contributed by atoms with E-state index < -0.39 is 0 Å². The highest BCUT2D eigenvalue weighted by Gasteiger charge is 2.32. The lowest BCUT2D eigenvalue weighted by molar-refractivity contribution is -0.114. The van der Waals surface area contributed by atoms with Crippen molar-refractivity contribution in [3.63, 3.8) is 0 Å². The average Bonchev–Trinajstić information content (AvgIpc) is 3.47. The van der Waals surface area contributed by atoms with E-state index in [0.717, 1.165) is 44.8 Å². The number of ketones is 1. The molecule has 0 fully saturated rings. The highest BCUT2D eigenvalue weighted by molar-refractivity contribution is 8.01. The topological polar surface area (TPSA) is 99.8 Å². The molecule has 0 bridgehead atoms. The largest absolute Gasteiger partial charge is 0.356 e. The van der Waals surface area contributed by atoms with Gasteiger partial charge in [0.2, 0.25) is 5.91 Å². The summed E-state index contributed by atoms with van der Waals surface area (Å²) in [6.45, 7) is 1.45. The smallest absolute Gasteiger partial charge is 0.222 e. The maximum atomic E-state index is 13.4. The zero-order valence-corrected chi connectivity index (χ0v) is 20.1. The number of para-hydroxylation sites is 1. The molecule has 9 heteroatoms. The number of hydrogen-bond donors (Lipinski definition) is 3. The number of aromatic amines is 1. The van der Waals surface area contributed by atoms with Crippen LogP contribution < -0.4 is 10.6 Å². The molecule has 1 atom stereocenters. The van der Waals surface area contributed by atoms with Gasteiger partial charge in [-0.3, -0.25) is 9.59 Å². The minimum atomic E-state index is -0.204. The standard InChI is InChI=1S/C25H23N5O2S2/c1-15(31)28-24-18(8-5-9-26-24)22-23(29-17-6-3-2-4-7-17)21-19(30-22)12-16(13-20(21)32)14-34-25-27-10-11-33-25/h2-11,16,29-30H,12-14H2,1H3,(H,26,28,31). The van der Waals surface area contributed by atoms with Crippen molar-refractivity contribution >= 4 is 52.0 Å². The molecule has 3 heterocycles. The minimum absolute atomic E-state index is 0.108. The maximum absolute atomic E-state index is 13.4. The number of amides is 1. The Hall–Kier alpha value is -3.43. The summed E-state index contributed by atoms with van der Waals surface area (Å²) in [6, 6.07) is 13.5. The van der Waals surface area contributed by atoms with Gasteiger partial charge in [-0.1, -0.05) is 30.0 Å². The van der Waals surface area contributed by atoms with Crippen LogP contribution in [0.2, 0.25) is 0 Å². The molecule has 1 aromatic carbocycles. The molecule has 3 aromatic heterocycles. The lowest BCUT2D eigenvalue weighted by Gasteiger charge is -2.21. The van der Waals surface area contributed by atoms with E-state index >= 15 is 0 Å². The van der Waals surface area contributed by atoms with Crippen LogP contribution in [0.1, 0.15) is 29.4 Å². The molecule has 172 valence electrons. The van der Waals surface area contributed by atoms with Crippen molar-refractivity contribution in [3.8, 4) is 11.3 Å². The first-order valence-electron chi connectivity index (χ1n) is 10.9. The molecular formula is C25H23N5O2S2. The Morgan fingerprint density at radius 1 is 1.15 bits per heavy atom. The van der Waals surface area contributed by atoms with Gasteiger partial charge < -0.3 is 15.6 Å². The third-order valence-electron chi connectivity index (χ3n) is 5.59. The van der Waals surface area contributed by atoms with E-state index in [1.54, 1.807) is 35.5 Å². The van der Waals surface area contributed by atoms with Gasteiger partial charge in [0.25, 0.3) is 0 Å². The van der Waals surface area contributed by atoms with Crippen LogP contribution >= 0.6 is 23.1 Å². The first kappa shape index (κ1) is 22.4. The zero-order chi connectivity index (χ0) is 23.5. The predicted octanol–water partition coefficient (Wildman–Crippen LogP) is 5.77. The van der Waals surface area contributed by atoms with Gasteiger partial charge in [0.15, 0.2) is 5.78 Å². The summed E-state index contributed by atoms with van der Waals surface area (Å²) in [5, 5.41) is 8.22. The summed E-state index contributed by atoms with van der Waals surface area (Å²) in [4.78, 5) is 37.4. The molecule has 34 heavy (non-hydrogen) atoms. The quantitative estimate of drug-likeness (QED) is 0.285. The number of aromatic nitrogens is 3. The highest BCUT2D eigenvalue weighted by Crippen LogP contribution is 2.42. The van der Waals surface area contributed by atoms with Gasteiger partial charge >= 0.3 is 0 Å². The van der Waals surface area contributed by atoms with E-state index in [2.05, 4.69) is 25.6 Å². The molecule has 3 N–H and O–H groups in total. The van der Waals surface area contributed by atoms with Crippen molar-refractivity contribution < 1.29 is 9.59 Å². The van der Waals surface area contributed by atoms with Gasteiger partial charge in [0, 0.05) is 53.8 Å². The van der Waals surface area contributed by atoms with E-state index in [4.69, 9.17) is 0 Å². The van der Waals surface area contributed by atoms with E-state index in [0.29, 0.717) is 17.8 Å². The Morgan fingerprint density at radius 3 is 2.76 bits per heavy atom. The average molecular weight is 490 g/mol. The molecule has 1 amide bonds. The number of nitrogens with one attached hydrogen (secondary N) is 3. The van der Waals surface area contributed by atoms with Crippen LogP contribution in [0, 0.1) is 5.92 Å². The molecule has 0 saturated heterocycles. The van der Waals surface area contributed by atoms with Crippen molar-refractivity contribution in [2.45, 2.75) is 24.1 Å². The Balaban J connectivity index is 1.54. The second-order valence-corrected chi connectivity index (χ2v) is 10.3.